The van der Waals surface area contributed by atoms with Crippen LogP contribution in [0.3, 0.4) is 0 Å². The van der Waals surface area contributed by atoms with Gasteiger partial charge in [0, 0.05) is 0 Å². The van der Waals surface area contributed by atoms with Gasteiger partial charge < -0.3 is 5.11 Å². The van der Waals surface area contributed by atoms with Crippen molar-refractivity contribution in [1.82, 2.24) is 0 Å². The Hall–Kier alpha value is -2.61. The minimum atomic E-state index is -0.894. The minimum absolute atomic E-state index is 0.320. The lowest BCUT2D eigenvalue weighted by molar-refractivity contribution is 0.0697. The number of carboxylic acids is 1. The topological polar surface area (TPSA) is 37.3 Å². The number of aryl methyl sites for hydroxylation is 1. The molecule has 0 heterocycles. The zero-order valence-corrected chi connectivity index (χ0v) is 11.1. The van der Waals surface area contributed by atoms with Crippen molar-refractivity contribution in [2.24, 2.45) is 0 Å². The Balaban J connectivity index is 2.09. The Morgan fingerprint density at radius 1 is 0.800 bits per heavy atom. The average Bonchev–Trinajstić information content (AvgIpc) is 2.47. The van der Waals surface area contributed by atoms with Crippen molar-refractivity contribution in [2.75, 3.05) is 0 Å². The van der Waals surface area contributed by atoms with E-state index in [1.807, 2.05) is 18.2 Å². The van der Waals surface area contributed by atoms with Crippen LogP contribution in [-0.4, -0.2) is 11.1 Å². The van der Waals surface area contributed by atoms with Gasteiger partial charge in [0.15, 0.2) is 0 Å². The zero-order valence-electron chi connectivity index (χ0n) is 11.1. The third kappa shape index (κ3) is 2.28. The second-order valence-electron chi connectivity index (χ2n) is 4.95. The molecular weight excluding hydrogens is 248 g/mol. The van der Waals surface area contributed by atoms with Gasteiger partial charge in [0.05, 0.1) is 5.56 Å². The standard InChI is InChI=1S/C18H14O2/c1-12-2-4-13(5-3-12)14-6-7-16-11-17(18(19)20)9-8-15(16)10-14/h2-11H,1H3,(H,19,20). The summed E-state index contributed by atoms with van der Waals surface area (Å²) in [5, 5.41) is 11.0. The van der Waals surface area contributed by atoms with E-state index in [1.165, 1.54) is 11.1 Å². The van der Waals surface area contributed by atoms with Crippen LogP contribution in [0.1, 0.15) is 15.9 Å². The molecule has 98 valence electrons. The molecule has 0 fully saturated rings. The van der Waals surface area contributed by atoms with Gasteiger partial charge in [0.25, 0.3) is 0 Å². The fraction of sp³-hybridized carbons (Fsp3) is 0.0556. The fourth-order valence-electron chi connectivity index (χ4n) is 2.30. The molecule has 0 spiro atoms. The van der Waals surface area contributed by atoms with Crippen LogP contribution in [0.2, 0.25) is 0 Å². The molecule has 20 heavy (non-hydrogen) atoms. The number of benzene rings is 3. The maximum Gasteiger partial charge on any atom is 0.335 e. The maximum atomic E-state index is 11.0. The van der Waals surface area contributed by atoms with Crippen molar-refractivity contribution < 1.29 is 9.90 Å². The summed E-state index contributed by atoms with van der Waals surface area (Å²) in [6.07, 6.45) is 0. The van der Waals surface area contributed by atoms with Gasteiger partial charge in [-0.25, -0.2) is 4.79 Å². The van der Waals surface area contributed by atoms with E-state index in [2.05, 4.69) is 37.3 Å². The SMILES string of the molecule is Cc1ccc(-c2ccc3cc(C(=O)O)ccc3c2)cc1. The number of carbonyl (C=O) groups is 1. The highest BCUT2D eigenvalue weighted by molar-refractivity contribution is 5.95. The summed E-state index contributed by atoms with van der Waals surface area (Å²) in [6, 6.07) is 19.7. The van der Waals surface area contributed by atoms with Crippen LogP contribution in [0.5, 0.6) is 0 Å². The van der Waals surface area contributed by atoms with Crippen LogP contribution in [0.25, 0.3) is 21.9 Å². The third-order valence-corrected chi connectivity index (χ3v) is 3.47. The van der Waals surface area contributed by atoms with Crippen LogP contribution in [0.4, 0.5) is 0 Å². The van der Waals surface area contributed by atoms with Crippen LogP contribution in [-0.2, 0) is 0 Å². The molecule has 0 unspecified atom stereocenters. The predicted molar refractivity (Wildman–Crippen MR) is 81.1 cm³/mol. The van der Waals surface area contributed by atoms with E-state index in [-0.39, 0.29) is 0 Å². The smallest absolute Gasteiger partial charge is 0.335 e. The number of hydrogen-bond donors (Lipinski definition) is 1. The minimum Gasteiger partial charge on any atom is -0.478 e. The molecule has 3 aromatic rings. The van der Waals surface area contributed by atoms with Gasteiger partial charge in [-0.2, -0.15) is 0 Å². The van der Waals surface area contributed by atoms with Crippen LogP contribution < -0.4 is 0 Å². The average molecular weight is 262 g/mol. The van der Waals surface area contributed by atoms with Gasteiger partial charge in [-0.05, 0) is 47.0 Å². The predicted octanol–water partition coefficient (Wildman–Crippen LogP) is 4.51. The Morgan fingerprint density at radius 3 is 2.10 bits per heavy atom. The highest BCUT2D eigenvalue weighted by Crippen LogP contribution is 2.25. The second kappa shape index (κ2) is 4.82. The number of carboxylic acid groups (broad SMARTS) is 1. The summed E-state index contributed by atoms with van der Waals surface area (Å²) < 4.78 is 0. The normalized spacial score (nSPS) is 10.7. The molecule has 0 aliphatic carbocycles. The van der Waals surface area contributed by atoms with E-state index in [0.717, 1.165) is 16.3 Å². The van der Waals surface area contributed by atoms with Gasteiger partial charge in [-0.15, -0.1) is 0 Å². The molecule has 0 aliphatic heterocycles. The Kier molecular flexibility index (Phi) is 2.99. The Morgan fingerprint density at radius 2 is 1.40 bits per heavy atom. The third-order valence-electron chi connectivity index (χ3n) is 3.47. The molecule has 2 heteroatoms. The van der Waals surface area contributed by atoms with Crippen LogP contribution >= 0.6 is 0 Å². The first-order valence-corrected chi connectivity index (χ1v) is 6.48. The van der Waals surface area contributed by atoms with Gasteiger partial charge in [0.1, 0.15) is 0 Å². The van der Waals surface area contributed by atoms with E-state index < -0.39 is 5.97 Å². The molecular formula is C18H14O2. The number of aromatic carboxylic acids is 1. The summed E-state index contributed by atoms with van der Waals surface area (Å²) in [4.78, 5) is 11.0. The second-order valence-corrected chi connectivity index (χ2v) is 4.95. The van der Waals surface area contributed by atoms with E-state index >= 15 is 0 Å². The fourth-order valence-corrected chi connectivity index (χ4v) is 2.30. The zero-order chi connectivity index (χ0) is 14.1. The number of fused-ring (bicyclic) bond motifs is 1. The molecule has 2 nitrogen and oxygen atoms in total. The first kappa shape index (κ1) is 12.4. The molecule has 0 amide bonds. The molecule has 0 saturated heterocycles. The quantitative estimate of drug-likeness (QED) is 0.737. The Labute approximate surface area is 117 Å². The Bertz CT molecular complexity index is 786. The van der Waals surface area contributed by atoms with Gasteiger partial charge in [-0.1, -0.05) is 48.0 Å². The number of rotatable bonds is 2. The molecule has 3 rings (SSSR count). The van der Waals surface area contributed by atoms with E-state index in [9.17, 15) is 4.79 Å². The number of hydrogen-bond acceptors (Lipinski definition) is 1. The highest BCUT2D eigenvalue weighted by atomic mass is 16.4. The molecule has 0 bridgehead atoms. The maximum absolute atomic E-state index is 11.0. The molecule has 3 aromatic carbocycles. The van der Waals surface area contributed by atoms with Gasteiger partial charge in [-0.3, -0.25) is 0 Å². The summed E-state index contributed by atoms with van der Waals surface area (Å²) >= 11 is 0. The van der Waals surface area contributed by atoms with Crippen LogP contribution in [0, 0.1) is 6.92 Å². The monoisotopic (exact) mass is 262 g/mol. The van der Waals surface area contributed by atoms with Crippen molar-refractivity contribution in [3.05, 3.63) is 71.8 Å². The van der Waals surface area contributed by atoms with E-state index in [0.29, 0.717) is 5.56 Å². The molecule has 0 aliphatic rings. The van der Waals surface area contributed by atoms with Crippen molar-refractivity contribution in [3.8, 4) is 11.1 Å². The lowest BCUT2D eigenvalue weighted by Gasteiger charge is -2.05. The van der Waals surface area contributed by atoms with Gasteiger partial charge in [0.2, 0.25) is 0 Å². The van der Waals surface area contributed by atoms with E-state index in [1.54, 1.807) is 12.1 Å². The van der Waals surface area contributed by atoms with Crippen LogP contribution in [0.15, 0.2) is 60.7 Å². The molecule has 1 N–H and O–H groups in total. The lowest BCUT2D eigenvalue weighted by Crippen LogP contribution is -1.95. The van der Waals surface area contributed by atoms with Crippen molar-refractivity contribution in [2.45, 2.75) is 6.92 Å². The lowest BCUT2D eigenvalue weighted by atomic mass is 9.99. The first-order valence-electron chi connectivity index (χ1n) is 6.48. The summed E-state index contributed by atoms with van der Waals surface area (Å²) in [5.74, 6) is -0.894. The molecule has 0 saturated carbocycles. The molecule has 0 atom stereocenters. The summed E-state index contributed by atoms with van der Waals surface area (Å²) in [7, 11) is 0. The van der Waals surface area contributed by atoms with Gasteiger partial charge >= 0.3 is 5.97 Å². The van der Waals surface area contributed by atoms with Crippen molar-refractivity contribution >= 4 is 16.7 Å². The summed E-state index contributed by atoms with van der Waals surface area (Å²) in [5.41, 5.74) is 3.86. The largest absolute Gasteiger partial charge is 0.478 e. The van der Waals surface area contributed by atoms with E-state index in [4.69, 9.17) is 5.11 Å². The van der Waals surface area contributed by atoms with Crippen molar-refractivity contribution in [3.63, 3.8) is 0 Å². The molecule has 0 aromatic heterocycles. The first-order chi connectivity index (χ1) is 9.63. The highest BCUT2D eigenvalue weighted by Gasteiger charge is 2.04. The van der Waals surface area contributed by atoms with Crippen molar-refractivity contribution in [1.29, 1.82) is 0 Å². The molecule has 0 radical (unpaired) electrons. The summed E-state index contributed by atoms with van der Waals surface area (Å²) in [6.45, 7) is 2.07.